The summed E-state index contributed by atoms with van der Waals surface area (Å²) in [6.07, 6.45) is 11.4. The van der Waals surface area contributed by atoms with Crippen molar-refractivity contribution >= 4 is 0 Å². The number of rotatable bonds is 1. The highest BCUT2D eigenvalue weighted by Crippen LogP contribution is 2.48. The number of hydrogen-bond donors (Lipinski definition) is 2. The van der Waals surface area contributed by atoms with E-state index in [1.165, 1.54) is 84.1 Å². The minimum Gasteiger partial charge on any atom is -0.316 e. The van der Waals surface area contributed by atoms with Crippen molar-refractivity contribution in [2.75, 3.05) is 32.7 Å². The third-order valence-corrected chi connectivity index (χ3v) is 6.52. The molecule has 3 saturated heterocycles. The molecular weight excluding hydrogens is 234 g/mol. The Morgan fingerprint density at radius 1 is 0.895 bits per heavy atom. The van der Waals surface area contributed by atoms with Crippen molar-refractivity contribution in [2.45, 2.75) is 62.9 Å². The minimum atomic E-state index is 0.533. The molecule has 4 rings (SSSR count). The summed E-state index contributed by atoms with van der Waals surface area (Å²) < 4.78 is 0. The zero-order valence-electron chi connectivity index (χ0n) is 12.2. The van der Waals surface area contributed by atoms with Crippen LogP contribution in [0.5, 0.6) is 0 Å². The van der Waals surface area contributed by atoms with E-state index in [0.717, 1.165) is 6.04 Å². The standard InChI is InChI=1S/C16H29N3/c1-2-7-18-16(3-1)5-9-19(10-6-16)14-11-15(12-14)4-8-17-13-15/h14,17-18H,1-13H2. The third kappa shape index (κ3) is 2.24. The normalized spacial score (nSPS) is 42.6. The van der Waals surface area contributed by atoms with Gasteiger partial charge in [0.2, 0.25) is 0 Å². The van der Waals surface area contributed by atoms with Crippen LogP contribution in [0, 0.1) is 5.41 Å². The van der Waals surface area contributed by atoms with Gasteiger partial charge in [-0.2, -0.15) is 0 Å². The second kappa shape index (κ2) is 4.71. The van der Waals surface area contributed by atoms with E-state index in [9.17, 15) is 0 Å². The molecule has 3 heterocycles. The van der Waals surface area contributed by atoms with E-state index in [1.54, 1.807) is 0 Å². The molecule has 3 nitrogen and oxygen atoms in total. The molecule has 0 amide bonds. The molecule has 0 atom stereocenters. The number of piperidine rings is 2. The smallest absolute Gasteiger partial charge is 0.0205 e. The van der Waals surface area contributed by atoms with Crippen molar-refractivity contribution in [2.24, 2.45) is 5.41 Å². The first kappa shape index (κ1) is 12.6. The number of hydrogen-bond acceptors (Lipinski definition) is 3. The van der Waals surface area contributed by atoms with E-state index >= 15 is 0 Å². The fourth-order valence-corrected chi connectivity index (χ4v) is 5.12. The SMILES string of the molecule is C1CCC2(CCN(C3CC4(CCNC4)C3)CC2)NC1. The zero-order valence-corrected chi connectivity index (χ0v) is 12.2. The predicted octanol–water partition coefficient (Wildman–Crippen LogP) is 1.74. The lowest BCUT2D eigenvalue weighted by Gasteiger charge is -2.54. The van der Waals surface area contributed by atoms with Crippen LogP contribution in [-0.4, -0.2) is 49.2 Å². The summed E-state index contributed by atoms with van der Waals surface area (Å²) in [5.74, 6) is 0. The van der Waals surface area contributed by atoms with Crippen LogP contribution in [0.25, 0.3) is 0 Å². The summed E-state index contributed by atoms with van der Waals surface area (Å²) in [5.41, 5.74) is 1.24. The molecule has 108 valence electrons. The van der Waals surface area contributed by atoms with Crippen LogP contribution < -0.4 is 10.6 Å². The van der Waals surface area contributed by atoms with E-state index in [4.69, 9.17) is 0 Å². The molecule has 0 aromatic heterocycles. The van der Waals surface area contributed by atoms with Gasteiger partial charge in [-0.25, -0.2) is 0 Å². The second-order valence-corrected chi connectivity index (χ2v) is 7.69. The van der Waals surface area contributed by atoms with Crippen LogP contribution in [0.1, 0.15) is 51.4 Å². The molecule has 1 aliphatic carbocycles. The maximum absolute atomic E-state index is 3.84. The molecule has 3 heteroatoms. The Balaban J connectivity index is 1.29. The highest BCUT2D eigenvalue weighted by molar-refractivity contribution is 5.05. The first-order valence-corrected chi connectivity index (χ1v) is 8.49. The van der Waals surface area contributed by atoms with Crippen molar-refractivity contribution in [1.29, 1.82) is 0 Å². The summed E-state index contributed by atoms with van der Waals surface area (Å²) in [4.78, 5) is 2.81. The molecule has 0 aromatic carbocycles. The molecule has 0 bridgehead atoms. The predicted molar refractivity (Wildman–Crippen MR) is 78.3 cm³/mol. The van der Waals surface area contributed by atoms with E-state index in [1.807, 2.05) is 0 Å². The summed E-state index contributed by atoms with van der Waals surface area (Å²) in [7, 11) is 0. The van der Waals surface area contributed by atoms with Gasteiger partial charge >= 0.3 is 0 Å². The molecular formula is C16H29N3. The zero-order chi connectivity index (χ0) is 12.8. The van der Waals surface area contributed by atoms with Crippen LogP contribution in [0.4, 0.5) is 0 Å². The molecule has 0 aromatic rings. The Hall–Kier alpha value is -0.120. The van der Waals surface area contributed by atoms with E-state index in [0.29, 0.717) is 11.0 Å². The molecule has 4 fully saturated rings. The van der Waals surface area contributed by atoms with Crippen molar-refractivity contribution in [3.63, 3.8) is 0 Å². The van der Waals surface area contributed by atoms with Gasteiger partial charge in [0.1, 0.15) is 0 Å². The molecule has 19 heavy (non-hydrogen) atoms. The van der Waals surface area contributed by atoms with Gasteiger partial charge in [-0.3, -0.25) is 0 Å². The molecule has 1 saturated carbocycles. The van der Waals surface area contributed by atoms with Gasteiger partial charge < -0.3 is 15.5 Å². The van der Waals surface area contributed by atoms with Gasteiger partial charge in [-0.1, -0.05) is 6.42 Å². The summed E-state index contributed by atoms with van der Waals surface area (Å²) in [5, 5.41) is 7.40. The maximum atomic E-state index is 3.84. The molecule has 3 aliphatic heterocycles. The van der Waals surface area contributed by atoms with Gasteiger partial charge in [-0.15, -0.1) is 0 Å². The monoisotopic (exact) mass is 263 g/mol. The average Bonchev–Trinajstić information content (AvgIpc) is 2.89. The Bertz CT molecular complexity index is 311. The van der Waals surface area contributed by atoms with Gasteiger partial charge in [0, 0.05) is 31.2 Å². The Morgan fingerprint density at radius 2 is 1.74 bits per heavy atom. The number of nitrogens with one attached hydrogen (secondary N) is 2. The van der Waals surface area contributed by atoms with Gasteiger partial charge in [0.05, 0.1) is 0 Å². The van der Waals surface area contributed by atoms with Gasteiger partial charge in [0.15, 0.2) is 0 Å². The lowest BCUT2D eigenvalue weighted by Crippen LogP contribution is -2.60. The van der Waals surface area contributed by atoms with Crippen LogP contribution in [-0.2, 0) is 0 Å². The maximum Gasteiger partial charge on any atom is 0.0205 e. The highest BCUT2D eigenvalue weighted by atomic mass is 15.2. The average molecular weight is 263 g/mol. The van der Waals surface area contributed by atoms with Crippen molar-refractivity contribution in [3.05, 3.63) is 0 Å². The largest absolute Gasteiger partial charge is 0.316 e. The topological polar surface area (TPSA) is 27.3 Å². The van der Waals surface area contributed by atoms with Crippen molar-refractivity contribution < 1.29 is 0 Å². The fraction of sp³-hybridized carbons (Fsp3) is 1.00. The lowest BCUT2D eigenvalue weighted by molar-refractivity contribution is -0.0147. The van der Waals surface area contributed by atoms with E-state index < -0.39 is 0 Å². The molecule has 2 N–H and O–H groups in total. The fourth-order valence-electron chi connectivity index (χ4n) is 5.12. The van der Waals surface area contributed by atoms with Crippen LogP contribution in [0.15, 0.2) is 0 Å². The molecule has 0 unspecified atom stereocenters. The molecule has 2 spiro atoms. The van der Waals surface area contributed by atoms with E-state index in [-0.39, 0.29) is 0 Å². The summed E-state index contributed by atoms with van der Waals surface area (Å²) in [6, 6.07) is 0.917. The summed E-state index contributed by atoms with van der Waals surface area (Å²) in [6.45, 7) is 6.52. The van der Waals surface area contributed by atoms with Crippen LogP contribution in [0.2, 0.25) is 0 Å². The summed E-state index contributed by atoms with van der Waals surface area (Å²) >= 11 is 0. The first-order valence-electron chi connectivity index (χ1n) is 8.49. The Morgan fingerprint density at radius 3 is 2.37 bits per heavy atom. The van der Waals surface area contributed by atoms with Crippen LogP contribution in [0.3, 0.4) is 0 Å². The third-order valence-electron chi connectivity index (χ3n) is 6.52. The molecule has 0 radical (unpaired) electrons. The lowest BCUT2D eigenvalue weighted by atomic mass is 9.64. The van der Waals surface area contributed by atoms with Gasteiger partial charge in [-0.05, 0) is 63.5 Å². The number of nitrogens with zero attached hydrogens (tertiary/aromatic N) is 1. The Kier molecular flexibility index (Phi) is 3.13. The second-order valence-electron chi connectivity index (χ2n) is 7.69. The van der Waals surface area contributed by atoms with Crippen molar-refractivity contribution in [1.82, 2.24) is 15.5 Å². The Labute approximate surface area is 117 Å². The molecule has 4 aliphatic rings. The van der Waals surface area contributed by atoms with E-state index in [2.05, 4.69) is 15.5 Å². The minimum absolute atomic E-state index is 0.533. The highest BCUT2D eigenvalue weighted by Gasteiger charge is 2.49. The first-order chi connectivity index (χ1) is 9.29. The number of likely N-dealkylation sites (tertiary alicyclic amines) is 1. The van der Waals surface area contributed by atoms with Gasteiger partial charge in [0.25, 0.3) is 0 Å². The van der Waals surface area contributed by atoms with Crippen molar-refractivity contribution in [3.8, 4) is 0 Å². The quantitative estimate of drug-likeness (QED) is 0.754. The van der Waals surface area contributed by atoms with Crippen LogP contribution >= 0.6 is 0 Å².